The number of anilines is 1. The molecule has 116 valence electrons. The molecule has 0 saturated carbocycles. The summed E-state index contributed by atoms with van der Waals surface area (Å²) < 4.78 is 25.9. The lowest BCUT2D eigenvalue weighted by Gasteiger charge is -2.16. The number of carbonyl (C=O) groups excluding carboxylic acids is 1. The fraction of sp³-hybridized carbons (Fsp3) is 0.188. The third-order valence-corrected chi connectivity index (χ3v) is 3.27. The topological polar surface area (TPSA) is 32.3 Å². The maximum absolute atomic E-state index is 13.0. The van der Waals surface area contributed by atoms with Crippen molar-refractivity contribution in [3.63, 3.8) is 0 Å². The molecule has 0 unspecified atom stereocenters. The Labute approximate surface area is 132 Å². The van der Waals surface area contributed by atoms with Gasteiger partial charge in [-0.1, -0.05) is 23.7 Å². The molecule has 1 N–H and O–H groups in total. The largest absolute Gasteiger partial charge is 0.325 e. The van der Waals surface area contributed by atoms with E-state index >= 15 is 0 Å². The predicted octanol–water partition coefficient (Wildman–Crippen LogP) is 3.69. The third-order valence-electron chi connectivity index (χ3n) is 2.98. The van der Waals surface area contributed by atoms with Gasteiger partial charge in [0.1, 0.15) is 11.6 Å². The molecule has 0 heterocycles. The molecule has 0 saturated heterocycles. The van der Waals surface area contributed by atoms with Gasteiger partial charge in [-0.3, -0.25) is 9.69 Å². The number of benzene rings is 2. The van der Waals surface area contributed by atoms with Crippen LogP contribution in [0.4, 0.5) is 14.5 Å². The van der Waals surface area contributed by atoms with Crippen molar-refractivity contribution in [2.24, 2.45) is 0 Å². The number of nitrogens with zero attached hydrogens (tertiary/aromatic N) is 1. The molecule has 0 spiro atoms. The average molecular weight is 325 g/mol. The standard InChI is InChI=1S/C16H15ClF2N2O/c1-21(9-11-2-4-12(18)5-3-11)10-16(22)20-13-6-7-15(19)14(17)8-13/h2-8H,9-10H2,1H3,(H,20,22). The van der Waals surface area contributed by atoms with E-state index in [1.807, 2.05) is 0 Å². The smallest absolute Gasteiger partial charge is 0.238 e. The van der Waals surface area contributed by atoms with Gasteiger partial charge in [-0.15, -0.1) is 0 Å². The second kappa shape index (κ2) is 7.33. The van der Waals surface area contributed by atoms with Crippen LogP contribution in [0.1, 0.15) is 5.56 Å². The number of halogens is 3. The number of hydrogen-bond donors (Lipinski definition) is 1. The van der Waals surface area contributed by atoms with E-state index in [2.05, 4.69) is 5.32 Å². The lowest BCUT2D eigenvalue weighted by molar-refractivity contribution is -0.117. The molecule has 2 aromatic carbocycles. The number of amides is 1. The SMILES string of the molecule is CN(CC(=O)Nc1ccc(F)c(Cl)c1)Cc1ccc(F)cc1. The van der Waals surface area contributed by atoms with Crippen molar-refractivity contribution >= 4 is 23.2 Å². The van der Waals surface area contributed by atoms with Crippen molar-refractivity contribution in [2.45, 2.75) is 6.54 Å². The fourth-order valence-electron chi connectivity index (χ4n) is 1.98. The Hall–Kier alpha value is -1.98. The van der Waals surface area contributed by atoms with Crippen LogP contribution in [0.5, 0.6) is 0 Å². The van der Waals surface area contributed by atoms with Crippen LogP contribution in [0.15, 0.2) is 42.5 Å². The summed E-state index contributed by atoms with van der Waals surface area (Å²) in [5, 5.41) is 2.60. The van der Waals surface area contributed by atoms with Crippen LogP contribution in [0.25, 0.3) is 0 Å². The van der Waals surface area contributed by atoms with E-state index in [1.165, 1.54) is 30.3 Å². The zero-order valence-corrected chi connectivity index (χ0v) is 12.7. The monoisotopic (exact) mass is 324 g/mol. The minimum absolute atomic E-state index is 0.0440. The van der Waals surface area contributed by atoms with E-state index in [-0.39, 0.29) is 23.3 Å². The van der Waals surface area contributed by atoms with Gasteiger partial charge in [0.2, 0.25) is 5.91 Å². The maximum Gasteiger partial charge on any atom is 0.238 e. The van der Waals surface area contributed by atoms with Gasteiger partial charge in [0.05, 0.1) is 11.6 Å². The molecule has 0 bridgehead atoms. The van der Waals surface area contributed by atoms with Crippen molar-refractivity contribution in [1.82, 2.24) is 4.90 Å². The summed E-state index contributed by atoms with van der Waals surface area (Å²) >= 11 is 5.66. The first-order valence-electron chi connectivity index (χ1n) is 6.62. The third kappa shape index (κ3) is 4.79. The van der Waals surface area contributed by atoms with E-state index in [1.54, 1.807) is 24.1 Å². The van der Waals surface area contributed by atoms with Crippen LogP contribution in [0, 0.1) is 11.6 Å². The summed E-state index contributed by atoms with van der Waals surface area (Å²) in [5.74, 6) is -1.07. The van der Waals surface area contributed by atoms with Gasteiger partial charge in [-0.25, -0.2) is 8.78 Å². The number of hydrogen-bond acceptors (Lipinski definition) is 2. The molecule has 0 aliphatic rings. The van der Waals surface area contributed by atoms with E-state index < -0.39 is 5.82 Å². The Balaban J connectivity index is 1.88. The summed E-state index contributed by atoms with van der Waals surface area (Å²) in [6, 6.07) is 10.1. The van der Waals surface area contributed by atoms with Crippen molar-refractivity contribution in [1.29, 1.82) is 0 Å². The molecule has 0 fully saturated rings. The molecule has 1 amide bonds. The minimum atomic E-state index is -0.534. The summed E-state index contributed by atoms with van der Waals surface area (Å²) in [4.78, 5) is 13.7. The number of rotatable bonds is 5. The molecule has 0 atom stereocenters. The highest BCUT2D eigenvalue weighted by atomic mass is 35.5. The molecule has 0 radical (unpaired) electrons. The van der Waals surface area contributed by atoms with Gasteiger partial charge in [-0.05, 0) is 42.9 Å². The van der Waals surface area contributed by atoms with Crippen LogP contribution in [0.2, 0.25) is 5.02 Å². The quantitative estimate of drug-likeness (QED) is 0.909. The molecule has 0 aromatic heterocycles. The van der Waals surface area contributed by atoms with Gasteiger partial charge in [-0.2, -0.15) is 0 Å². The first kappa shape index (κ1) is 16.4. The Morgan fingerprint density at radius 3 is 2.50 bits per heavy atom. The summed E-state index contributed by atoms with van der Waals surface area (Å²) in [5.41, 5.74) is 1.34. The maximum atomic E-state index is 13.0. The van der Waals surface area contributed by atoms with E-state index in [0.29, 0.717) is 12.2 Å². The molecule has 0 aliphatic heterocycles. The van der Waals surface area contributed by atoms with Crippen molar-refractivity contribution in [3.8, 4) is 0 Å². The first-order valence-corrected chi connectivity index (χ1v) is 7.00. The normalized spacial score (nSPS) is 10.8. The highest BCUT2D eigenvalue weighted by Crippen LogP contribution is 2.19. The molecular weight excluding hydrogens is 310 g/mol. The minimum Gasteiger partial charge on any atom is -0.325 e. The number of likely N-dealkylation sites (N-methyl/N-ethyl adjacent to an activating group) is 1. The molecule has 6 heteroatoms. The Kier molecular flexibility index (Phi) is 5.46. The lowest BCUT2D eigenvalue weighted by atomic mass is 10.2. The van der Waals surface area contributed by atoms with Gasteiger partial charge in [0.25, 0.3) is 0 Å². The molecule has 0 aliphatic carbocycles. The summed E-state index contributed by atoms with van der Waals surface area (Å²) in [6.07, 6.45) is 0. The lowest BCUT2D eigenvalue weighted by Crippen LogP contribution is -2.29. The van der Waals surface area contributed by atoms with Crippen molar-refractivity contribution in [2.75, 3.05) is 18.9 Å². The molecule has 22 heavy (non-hydrogen) atoms. The molecular formula is C16H15ClF2N2O. The van der Waals surface area contributed by atoms with Crippen LogP contribution >= 0.6 is 11.6 Å². The number of nitrogens with one attached hydrogen (secondary N) is 1. The van der Waals surface area contributed by atoms with Crippen LogP contribution in [0.3, 0.4) is 0 Å². The predicted molar refractivity (Wildman–Crippen MR) is 82.8 cm³/mol. The van der Waals surface area contributed by atoms with Crippen LogP contribution in [-0.4, -0.2) is 24.4 Å². The van der Waals surface area contributed by atoms with Gasteiger partial charge in [0.15, 0.2) is 0 Å². The molecule has 2 rings (SSSR count). The number of carbonyl (C=O) groups is 1. The van der Waals surface area contributed by atoms with Crippen molar-refractivity contribution < 1.29 is 13.6 Å². The van der Waals surface area contributed by atoms with Gasteiger partial charge in [0, 0.05) is 12.2 Å². The zero-order chi connectivity index (χ0) is 16.1. The summed E-state index contributed by atoms with van der Waals surface area (Å²) in [6.45, 7) is 0.657. The van der Waals surface area contributed by atoms with E-state index in [9.17, 15) is 13.6 Å². The second-order valence-electron chi connectivity index (χ2n) is 4.98. The van der Waals surface area contributed by atoms with E-state index in [0.717, 1.165) is 5.56 Å². The van der Waals surface area contributed by atoms with Crippen LogP contribution < -0.4 is 5.32 Å². The Morgan fingerprint density at radius 2 is 1.86 bits per heavy atom. The van der Waals surface area contributed by atoms with Crippen molar-refractivity contribution in [3.05, 3.63) is 64.7 Å². The van der Waals surface area contributed by atoms with E-state index in [4.69, 9.17) is 11.6 Å². The average Bonchev–Trinajstić information content (AvgIpc) is 2.45. The summed E-state index contributed by atoms with van der Waals surface area (Å²) in [7, 11) is 1.78. The molecule has 3 nitrogen and oxygen atoms in total. The van der Waals surface area contributed by atoms with Crippen LogP contribution in [-0.2, 0) is 11.3 Å². The fourth-order valence-corrected chi connectivity index (χ4v) is 2.16. The zero-order valence-electron chi connectivity index (χ0n) is 11.9. The Bertz CT molecular complexity index is 662. The first-order chi connectivity index (χ1) is 10.4. The highest BCUT2D eigenvalue weighted by molar-refractivity contribution is 6.31. The van der Waals surface area contributed by atoms with Gasteiger partial charge >= 0.3 is 0 Å². The highest BCUT2D eigenvalue weighted by Gasteiger charge is 2.09. The van der Waals surface area contributed by atoms with Gasteiger partial charge < -0.3 is 5.32 Å². The Morgan fingerprint density at radius 1 is 1.18 bits per heavy atom. The second-order valence-corrected chi connectivity index (χ2v) is 5.38. The molecule has 2 aromatic rings.